The van der Waals surface area contributed by atoms with E-state index in [1.54, 1.807) is 19.1 Å². The fourth-order valence-electron chi connectivity index (χ4n) is 0. The molecule has 0 amide bonds. The molecule has 0 fully saturated rings. The monoisotopic (exact) mass is 299 g/mol. The summed E-state index contributed by atoms with van der Waals surface area (Å²) in [5.41, 5.74) is 0. The van der Waals surface area contributed by atoms with Crippen molar-refractivity contribution in [3.8, 4) is 0 Å². The molecule has 0 aromatic heterocycles. The minimum atomic E-state index is 0. The van der Waals surface area contributed by atoms with Crippen LogP contribution in [0.25, 0.3) is 0 Å². The summed E-state index contributed by atoms with van der Waals surface area (Å²) in [5.74, 6) is 0. The fraction of sp³-hybridized carbons (Fsp3) is 0. The predicted octanol–water partition coefficient (Wildman–Crippen LogP) is -2.11. The topological polar surface area (TPSA) is 0 Å². The van der Waals surface area contributed by atoms with Crippen molar-refractivity contribution in [2.45, 2.75) is 0 Å². The standard InChI is InChI=1S/Mg.Ni.H3Si.W.2H/h;;1H3;;;. The van der Waals surface area contributed by atoms with Crippen molar-refractivity contribution in [3.63, 3.8) is 0 Å². The SMILES string of the molecule is [MgH2].[Ni].[SiH3][W]. The first-order chi connectivity index (χ1) is 1.00. The summed E-state index contributed by atoms with van der Waals surface area (Å²) in [4.78, 5) is 0. The Labute approximate surface area is 66.1 Å². The fourth-order valence-corrected chi connectivity index (χ4v) is 0. The molecule has 0 spiro atoms. The third kappa shape index (κ3) is 8.90. The number of rotatable bonds is 0. The van der Waals surface area contributed by atoms with E-state index in [2.05, 4.69) is 0 Å². The van der Waals surface area contributed by atoms with Crippen LogP contribution >= 0.6 is 0 Å². The first kappa shape index (κ1) is 16.4. The van der Waals surface area contributed by atoms with E-state index in [0.717, 1.165) is 0 Å². The Morgan fingerprint density at radius 2 is 1.25 bits per heavy atom. The molecule has 0 bridgehead atoms. The molecular formula is H5MgNiSiW. The van der Waals surface area contributed by atoms with Crippen LogP contribution in [-0.4, -0.2) is 31.3 Å². The van der Waals surface area contributed by atoms with Crippen LogP contribution in [-0.2, 0) is 35.6 Å². The zero-order chi connectivity index (χ0) is 2.00. The van der Waals surface area contributed by atoms with E-state index in [4.69, 9.17) is 0 Å². The van der Waals surface area contributed by atoms with Crippen LogP contribution in [0.2, 0.25) is 0 Å². The summed E-state index contributed by atoms with van der Waals surface area (Å²) in [6, 6.07) is 0. The quantitative estimate of drug-likeness (QED) is 0.450. The summed E-state index contributed by atoms with van der Waals surface area (Å²) < 4.78 is 0. The minimum absolute atomic E-state index is 0. The maximum atomic E-state index is 1.72. The van der Waals surface area contributed by atoms with Gasteiger partial charge in [-0.05, 0) is 0 Å². The first-order valence-electron chi connectivity index (χ1n) is 0.408. The van der Waals surface area contributed by atoms with Crippen LogP contribution in [0.5, 0.6) is 0 Å². The first-order valence-corrected chi connectivity index (χ1v) is 10.0. The van der Waals surface area contributed by atoms with Gasteiger partial charge in [-0.15, -0.1) is 0 Å². The molecule has 4 heavy (non-hydrogen) atoms. The molecule has 0 saturated carbocycles. The molecule has 4 heteroatoms. The third-order valence-corrected chi connectivity index (χ3v) is 0. The van der Waals surface area contributed by atoms with Crippen LogP contribution in [0, 0.1) is 0 Å². The van der Waals surface area contributed by atoms with Gasteiger partial charge in [0.2, 0.25) is 0 Å². The second-order valence-corrected chi connectivity index (χ2v) is 0. The second-order valence-electron chi connectivity index (χ2n) is 0. The Morgan fingerprint density at radius 3 is 1.25 bits per heavy atom. The molecule has 0 radical (unpaired) electrons. The molecule has 0 aliphatic heterocycles. The van der Waals surface area contributed by atoms with Gasteiger partial charge in [0.05, 0.1) is 0 Å². The summed E-state index contributed by atoms with van der Waals surface area (Å²) in [7, 11) is 1.39. The molecule has 27 valence electrons. The summed E-state index contributed by atoms with van der Waals surface area (Å²) in [6.07, 6.45) is 0. The van der Waals surface area contributed by atoms with Gasteiger partial charge in [-0.2, -0.15) is 0 Å². The molecule has 0 N–H and O–H groups in total. The molecule has 0 heterocycles. The summed E-state index contributed by atoms with van der Waals surface area (Å²) >= 11 is 1.72. The van der Waals surface area contributed by atoms with Gasteiger partial charge in [0.1, 0.15) is 0 Å². The zero-order valence-corrected chi connectivity index (χ0v) is 7.65. The van der Waals surface area contributed by atoms with E-state index in [9.17, 15) is 0 Å². The Kier molecular flexibility index (Phi) is 78.5. The molecule has 0 unspecified atom stereocenters. The second kappa shape index (κ2) is 19.1. The summed E-state index contributed by atoms with van der Waals surface area (Å²) in [5, 5.41) is 0. The normalized spacial score (nSPS) is 2.00. The molecule has 0 aliphatic carbocycles. The van der Waals surface area contributed by atoms with Crippen molar-refractivity contribution in [1.82, 2.24) is 0 Å². The van der Waals surface area contributed by atoms with Gasteiger partial charge in [0, 0.05) is 16.5 Å². The van der Waals surface area contributed by atoms with E-state index < -0.39 is 0 Å². The van der Waals surface area contributed by atoms with Crippen LogP contribution in [0.15, 0.2) is 0 Å². The van der Waals surface area contributed by atoms with Crippen LogP contribution in [0.4, 0.5) is 0 Å². The van der Waals surface area contributed by atoms with Gasteiger partial charge >= 0.3 is 50.3 Å². The van der Waals surface area contributed by atoms with Crippen molar-refractivity contribution < 1.29 is 35.6 Å². The van der Waals surface area contributed by atoms with Crippen molar-refractivity contribution in [2.24, 2.45) is 0 Å². The molecule has 0 aromatic rings. The summed E-state index contributed by atoms with van der Waals surface area (Å²) in [6.45, 7) is 0. The van der Waals surface area contributed by atoms with Gasteiger partial charge < -0.3 is 0 Å². The predicted molar refractivity (Wildman–Crippen MR) is 18.5 cm³/mol. The van der Waals surface area contributed by atoms with Gasteiger partial charge in [0.15, 0.2) is 0 Å². The van der Waals surface area contributed by atoms with E-state index in [1.165, 1.54) is 8.21 Å². The molecule has 0 nitrogen and oxygen atoms in total. The molecular weight excluding hydrogens is 295 g/mol. The van der Waals surface area contributed by atoms with E-state index >= 15 is 0 Å². The molecule has 0 aromatic carbocycles. The van der Waals surface area contributed by atoms with Gasteiger partial charge in [-0.25, -0.2) is 0 Å². The van der Waals surface area contributed by atoms with Crippen molar-refractivity contribution in [3.05, 3.63) is 0 Å². The van der Waals surface area contributed by atoms with Gasteiger partial charge in [0.25, 0.3) is 0 Å². The van der Waals surface area contributed by atoms with E-state index in [-0.39, 0.29) is 39.5 Å². The Hall–Kier alpha value is 2.16. The van der Waals surface area contributed by atoms with E-state index in [1.807, 2.05) is 0 Å². The van der Waals surface area contributed by atoms with Crippen molar-refractivity contribution >= 4 is 31.3 Å². The third-order valence-electron chi connectivity index (χ3n) is 0. The van der Waals surface area contributed by atoms with Gasteiger partial charge in [-0.3, -0.25) is 0 Å². The molecule has 0 saturated heterocycles. The number of hydrogen-bond acceptors (Lipinski definition) is 0. The van der Waals surface area contributed by atoms with Gasteiger partial charge in [-0.1, -0.05) is 0 Å². The van der Waals surface area contributed by atoms with Crippen LogP contribution in [0.3, 0.4) is 0 Å². The van der Waals surface area contributed by atoms with Crippen molar-refractivity contribution in [2.75, 3.05) is 0 Å². The average Bonchev–Trinajstić information content (AvgIpc) is 1.00. The van der Waals surface area contributed by atoms with Crippen LogP contribution < -0.4 is 0 Å². The molecule has 0 atom stereocenters. The molecule has 0 rings (SSSR count). The Morgan fingerprint density at radius 1 is 1.25 bits per heavy atom. The Balaban J connectivity index is -0.00000000500. The number of hydrogen-bond donors (Lipinski definition) is 0. The Bertz CT molecular complexity index is 8.00. The maximum absolute atomic E-state index is 1.72. The average molecular weight is 300 g/mol. The zero-order valence-electron chi connectivity index (χ0n) is 1.72. The van der Waals surface area contributed by atoms with Crippen molar-refractivity contribution in [1.29, 1.82) is 0 Å². The molecule has 0 aliphatic rings. The van der Waals surface area contributed by atoms with Crippen LogP contribution in [0.1, 0.15) is 0 Å². The van der Waals surface area contributed by atoms with E-state index in [0.29, 0.717) is 0 Å².